The van der Waals surface area contributed by atoms with Crippen LogP contribution in [0.15, 0.2) is 42.6 Å². The van der Waals surface area contributed by atoms with E-state index in [0.717, 1.165) is 24.5 Å². The highest BCUT2D eigenvalue weighted by molar-refractivity contribution is 5.95. The number of rotatable bonds is 5. The van der Waals surface area contributed by atoms with Crippen molar-refractivity contribution in [3.8, 4) is 0 Å². The first-order chi connectivity index (χ1) is 14.5. The molecule has 3 aromatic rings. The van der Waals surface area contributed by atoms with Gasteiger partial charge in [0, 0.05) is 24.3 Å². The van der Waals surface area contributed by atoms with E-state index in [1.165, 1.54) is 19.2 Å². The Hall–Kier alpha value is -3.26. The average Bonchev–Trinajstić information content (AvgIpc) is 2.78. The van der Waals surface area contributed by atoms with Crippen LogP contribution in [0.3, 0.4) is 0 Å². The number of carbonyl (C=O) groups excluding carboxylic acids is 1. The monoisotopic (exact) mass is 410 g/mol. The van der Waals surface area contributed by atoms with Crippen molar-refractivity contribution in [1.29, 1.82) is 0 Å². The quantitative estimate of drug-likeness (QED) is 0.645. The molecule has 0 spiro atoms. The van der Waals surface area contributed by atoms with E-state index in [-0.39, 0.29) is 11.9 Å². The van der Waals surface area contributed by atoms with Crippen molar-refractivity contribution in [3.63, 3.8) is 0 Å². The van der Waals surface area contributed by atoms with Crippen LogP contribution in [0.1, 0.15) is 28.9 Å². The van der Waals surface area contributed by atoms with E-state index in [1.54, 1.807) is 30.5 Å². The van der Waals surface area contributed by atoms with E-state index in [0.29, 0.717) is 35.5 Å². The molecule has 156 valence electrons. The number of carbonyl (C=O) groups is 1. The maximum atomic E-state index is 13.6. The van der Waals surface area contributed by atoms with Gasteiger partial charge in [-0.05, 0) is 37.3 Å². The Balaban J connectivity index is 1.77. The number of anilines is 2. The zero-order valence-electron chi connectivity index (χ0n) is 16.9. The largest absolute Gasteiger partial charge is 0.465 e. The van der Waals surface area contributed by atoms with E-state index < -0.39 is 5.97 Å². The minimum Gasteiger partial charge on any atom is -0.465 e. The summed E-state index contributed by atoms with van der Waals surface area (Å²) in [7, 11) is 1.34. The van der Waals surface area contributed by atoms with Crippen molar-refractivity contribution >= 4 is 28.5 Å². The smallest absolute Gasteiger partial charge is 0.337 e. The molecular weight excluding hydrogens is 387 g/mol. The first kappa shape index (κ1) is 20.0. The number of ether oxygens (including phenoxy) is 2. The van der Waals surface area contributed by atoms with Gasteiger partial charge in [0.1, 0.15) is 11.6 Å². The summed E-state index contributed by atoms with van der Waals surface area (Å²) < 4.78 is 23.9. The molecule has 0 amide bonds. The molecule has 1 aliphatic heterocycles. The molecule has 0 aliphatic carbocycles. The molecule has 4 rings (SSSR count). The molecule has 0 radical (unpaired) electrons. The van der Waals surface area contributed by atoms with Gasteiger partial charge in [-0.1, -0.05) is 6.07 Å². The summed E-state index contributed by atoms with van der Waals surface area (Å²) in [5.41, 5.74) is 3.08. The third-order valence-electron chi connectivity index (χ3n) is 5.10. The molecule has 1 N–H and O–H groups in total. The molecule has 1 unspecified atom stereocenters. The first-order valence-corrected chi connectivity index (χ1v) is 9.79. The lowest BCUT2D eigenvalue weighted by molar-refractivity contribution is 0.0600. The van der Waals surface area contributed by atoms with Gasteiger partial charge in [-0.25, -0.2) is 14.2 Å². The minimum atomic E-state index is -0.449. The number of nitrogens with zero attached hydrogens (tertiary/aromatic N) is 3. The number of fused-ring (bicyclic) bond motifs is 1. The summed E-state index contributed by atoms with van der Waals surface area (Å²) in [6.07, 6.45) is 1.71. The molecule has 1 saturated heterocycles. The molecule has 8 heteroatoms. The second-order valence-electron chi connectivity index (χ2n) is 7.13. The number of esters is 1. The van der Waals surface area contributed by atoms with Crippen molar-refractivity contribution in [2.24, 2.45) is 0 Å². The first-order valence-electron chi connectivity index (χ1n) is 9.79. The van der Waals surface area contributed by atoms with Gasteiger partial charge in [-0.2, -0.15) is 0 Å². The van der Waals surface area contributed by atoms with Crippen LogP contribution in [-0.4, -0.2) is 49.4 Å². The van der Waals surface area contributed by atoms with E-state index in [4.69, 9.17) is 14.5 Å². The highest BCUT2D eigenvalue weighted by Gasteiger charge is 2.19. The van der Waals surface area contributed by atoms with Crippen molar-refractivity contribution < 1.29 is 18.7 Å². The lowest BCUT2D eigenvalue weighted by Gasteiger charge is -2.28. The Morgan fingerprint density at radius 2 is 2.07 bits per heavy atom. The SMILES string of the molecule is COC(=O)c1cc(C(C)Nc2cccc(F)c2)c2nc(N3CCOCC3)cnc2c1. The highest BCUT2D eigenvalue weighted by Crippen LogP contribution is 2.29. The summed E-state index contributed by atoms with van der Waals surface area (Å²) in [4.78, 5) is 23.7. The van der Waals surface area contributed by atoms with Gasteiger partial charge in [0.25, 0.3) is 0 Å². The fourth-order valence-corrected chi connectivity index (χ4v) is 3.55. The third-order valence-corrected chi connectivity index (χ3v) is 5.10. The van der Waals surface area contributed by atoms with E-state index in [2.05, 4.69) is 15.2 Å². The summed E-state index contributed by atoms with van der Waals surface area (Å²) in [6.45, 7) is 4.71. The lowest BCUT2D eigenvalue weighted by atomic mass is 10.0. The standard InChI is InChI=1S/C22H23FN4O3/c1-14(25-17-5-3-4-16(23)12-17)18-10-15(22(28)29-2)11-19-21(18)26-20(13-24-19)27-6-8-30-9-7-27/h3-5,10-14,25H,6-9H2,1-2H3. The van der Waals surface area contributed by atoms with Gasteiger partial charge in [0.05, 0.1) is 49.2 Å². The minimum absolute atomic E-state index is 0.256. The molecule has 1 atom stereocenters. The van der Waals surface area contributed by atoms with E-state index >= 15 is 0 Å². The number of halogens is 1. The lowest BCUT2D eigenvalue weighted by Crippen LogP contribution is -2.36. The average molecular weight is 410 g/mol. The van der Waals surface area contributed by atoms with Crippen LogP contribution in [0.4, 0.5) is 15.9 Å². The Labute approximate surface area is 173 Å². The fraction of sp³-hybridized carbons (Fsp3) is 0.318. The van der Waals surface area contributed by atoms with Crippen LogP contribution in [0, 0.1) is 5.82 Å². The summed E-state index contributed by atoms with van der Waals surface area (Å²) in [6, 6.07) is 9.42. The highest BCUT2D eigenvalue weighted by atomic mass is 19.1. The zero-order valence-corrected chi connectivity index (χ0v) is 16.9. The van der Waals surface area contributed by atoms with Crippen LogP contribution >= 0.6 is 0 Å². The van der Waals surface area contributed by atoms with E-state index in [9.17, 15) is 9.18 Å². The number of nitrogens with one attached hydrogen (secondary N) is 1. The molecule has 2 heterocycles. The number of hydrogen-bond acceptors (Lipinski definition) is 7. The van der Waals surface area contributed by atoms with Gasteiger partial charge < -0.3 is 19.7 Å². The van der Waals surface area contributed by atoms with E-state index in [1.807, 2.05) is 6.92 Å². The van der Waals surface area contributed by atoms with Gasteiger partial charge in [-0.15, -0.1) is 0 Å². The molecule has 7 nitrogen and oxygen atoms in total. The van der Waals surface area contributed by atoms with Gasteiger partial charge in [0.2, 0.25) is 0 Å². The van der Waals surface area contributed by atoms with Crippen molar-refractivity contribution in [2.45, 2.75) is 13.0 Å². The van der Waals surface area contributed by atoms with Gasteiger partial charge >= 0.3 is 5.97 Å². The summed E-state index contributed by atoms with van der Waals surface area (Å²) in [5.74, 6) is -0.0132. The summed E-state index contributed by atoms with van der Waals surface area (Å²) >= 11 is 0. The van der Waals surface area contributed by atoms with Gasteiger partial charge in [0.15, 0.2) is 0 Å². The maximum absolute atomic E-state index is 13.6. The molecule has 0 saturated carbocycles. The van der Waals surface area contributed by atoms with Gasteiger partial charge in [-0.3, -0.25) is 4.98 Å². The van der Waals surface area contributed by atoms with Crippen LogP contribution in [-0.2, 0) is 9.47 Å². The Morgan fingerprint density at radius 3 is 2.80 bits per heavy atom. The number of methoxy groups -OCH3 is 1. The number of benzene rings is 2. The normalized spacial score (nSPS) is 15.1. The molecule has 1 aromatic heterocycles. The molecular formula is C22H23FN4O3. The number of morpholine rings is 1. The predicted molar refractivity (Wildman–Crippen MR) is 112 cm³/mol. The third kappa shape index (κ3) is 4.18. The predicted octanol–water partition coefficient (Wildman–Crippen LogP) is 3.57. The van der Waals surface area contributed by atoms with Crippen LogP contribution in [0.2, 0.25) is 0 Å². The Bertz CT molecular complexity index is 1070. The fourth-order valence-electron chi connectivity index (χ4n) is 3.55. The molecule has 2 aromatic carbocycles. The molecule has 0 bridgehead atoms. The number of aromatic nitrogens is 2. The summed E-state index contributed by atoms with van der Waals surface area (Å²) in [5, 5.41) is 3.28. The number of hydrogen-bond donors (Lipinski definition) is 1. The second kappa shape index (κ2) is 8.62. The molecule has 1 fully saturated rings. The Morgan fingerprint density at radius 1 is 1.27 bits per heavy atom. The van der Waals surface area contributed by atoms with Crippen LogP contribution in [0.5, 0.6) is 0 Å². The topological polar surface area (TPSA) is 76.6 Å². The van der Waals surface area contributed by atoms with Crippen molar-refractivity contribution in [3.05, 3.63) is 59.5 Å². The van der Waals surface area contributed by atoms with Crippen LogP contribution in [0.25, 0.3) is 11.0 Å². The van der Waals surface area contributed by atoms with Crippen LogP contribution < -0.4 is 10.2 Å². The Kier molecular flexibility index (Phi) is 5.76. The molecule has 1 aliphatic rings. The van der Waals surface area contributed by atoms with Crippen molar-refractivity contribution in [2.75, 3.05) is 43.6 Å². The molecule has 30 heavy (non-hydrogen) atoms. The zero-order chi connectivity index (χ0) is 21.1. The van der Waals surface area contributed by atoms with Crippen molar-refractivity contribution in [1.82, 2.24) is 9.97 Å². The second-order valence-corrected chi connectivity index (χ2v) is 7.13. The maximum Gasteiger partial charge on any atom is 0.337 e.